The van der Waals surface area contributed by atoms with Crippen molar-refractivity contribution in [2.24, 2.45) is 5.92 Å². The van der Waals surface area contributed by atoms with E-state index in [1.807, 2.05) is 13.0 Å². The number of amides is 1. The van der Waals surface area contributed by atoms with Gasteiger partial charge in [0.15, 0.2) is 0 Å². The van der Waals surface area contributed by atoms with E-state index in [9.17, 15) is 4.79 Å². The highest BCUT2D eigenvalue weighted by molar-refractivity contribution is 5.78. The Morgan fingerprint density at radius 3 is 2.62 bits per heavy atom. The van der Waals surface area contributed by atoms with E-state index in [-0.39, 0.29) is 24.2 Å². The van der Waals surface area contributed by atoms with Gasteiger partial charge in [0.1, 0.15) is 18.1 Å². The molecular weight excluding hydrogens is 304 g/mol. The Labute approximate surface area is 143 Å². The summed E-state index contributed by atoms with van der Waals surface area (Å²) < 4.78 is 11.8. The molecule has 4 rings (SSSR count). The minimum atomic E-state index is -0.154. The number of aryl methyl sites for hydroxylation is 1. The second kappa shape index (κ2) is 6.19. The van der Waals surface area contributed by atoms with Crippen molar-refractivity contribution in [2.75, 3.05) is 26.2 Å². The number of likely N-dealkylation sites (tertiary alicyclic amines) is 1. The lowest BCUT2D eigenvalue weighted by Crippen LogP contribution is -2.64. The van der Waals surface area contributed by atoms with Crippen LogP contribution in [-0.2, 0) is 16.1 Å². The molecule has 0 radical (unpaired) electrons. The first-order valence-corrected chi connectivity index (χ1v) is 9.27. The van der Waals surface area contributed by atoms with Gasteiger partial charge in [0.05, 0.1) is 18.2 Å². The Balaban J connectivity index is 1.38. The Bertz CT molecular complexity index is 600. The minimum Gasteiger partial charge on any atom is -0.465 e. The number of carbonyl (C=O) groups excluding carboxylic acids is 1. The van der Waals surface area contributed by atoms with Gasteiger partial charge in [-0.25, -0.2) is 0 Å². The molecule has 3 aliphatic rings. The minimum absolute atomic E-state index is 0.154. The number of furan rings is 1. The number of morpholine rings is 1. The van der Waals surface area contributed by atoms with Crippen LogP contribution in [-0.4, -0.2) is 53.6 Å². The largest absolute Gasteiger partial charge is 0.465 e. The van der Waals surface area contributed by atoms with Crippen LogP contribution in [0.1, 0.15) is 44.1 Å². The summed E-state index contributed by atoms with van der Waals surface area (Å²) in [6, 6.07) is 4.27. The van der Waals surface area contributed by atoms with E-state index in [2.05, 4.69) is 22.8 Å². The summed E-state index contributed by atoms with van der Waals surface area (Å²) in [5.74, 6) is 2.91. The molecule has 0 aromatic carbocycles. The first-order chi connectivity index (χ1) is 11.6. The van der Waals surface area contributed by atoms with E-state index in [4.69, 9.17) is 9.15 Å². The Kier molecular flexibility index (Phi) is 4.17. The fourth-order valence-corrected chi connectivity index (χ4v) is 4.19. The average Bonchev–Trinajstić information content (AvgIpc) is 3.31. The van der Waals surface area contributed by atoms with Crippen molar-refractivity contribution in [1.29, 1.82) is 0 Å². The molecule has 1 aromatic rings. The van der Waals surface area contributed by atoms with Gasteiger partial charge in [-0.1, -0.05) is 0 Å². The van der Waals surface area contributed by atoms with Gasteiger partial charge in [0, 0.05) is 19.6 Å². The van der Waals surface area contributed by atoms with Gasteiger partial charge in [-0.15, -0.1) is 0 Å². The maximum atomic E-state index is 12.3. The van der Waals surface area contributed by atoms with Gasteiger partial charge in [-0.05, 0) is 57.6 Å². The van der Waals surface area contributed by atoms with Crippen molar-refractivity contribution in [1.82, 2.24) is 9.80 Å². The molecule has 132 valence electrons. The van der Waals surface area contributed by atoms with Crippen LogP contribution in [0.15, 0.2) is 16.5 Å². The summed E-state index contributed by atoms with van der Waals surface area (Å²) >= 11 is 0. The van der Waals surface area contributed by atoms with Gasteiger partial charge in [-0.2, -0.15) is 0 Å². The Hall–Kier alpha value is -1.33. The van der Waals surface area contributed by atoms with E-state index in [0.29, 0.717) is 0 Å². The lowest BCUT2D eigenvalue weighted by atomic mass is 9.82. The molecule has 0 bridgehead atoms. The second-order valence-electron chi connectivity index (χ2n) is 7.81. The average molecular weight is 332 g/mol. The first-order valence-electron chi connectivity index (χ1n) is 9.27. The number of hydrogen-bond acceptors (Lipinski definition) is 4. The third-order valence-corrected chi connectivity index (χ3v) is 6.06. The van der Waals surface area contributed by atoms with Crippen LogP contribution < -0.4 is 0 Å². The van der Waals surface area contributed by atoms with E-state index in [1.165, 1.54) is 12.8 Å². The summed E-state index contributed by atoms with van der Waals surface area (Å²) in [5, 5.41) is 0. The van der Waals surface area contributed by atoms with Crippen molar-refractivity contribution in [3.8, 4) is 0 Å². The van der Waals surface area contributed by atoms with Gasteiger partial charge in [0.25, 0.3) is 0 Å². The Morgan fingerprint density at radius 2 is 2.00 bits per heavy atom. The summed E-state index contributed by atoms with van der Waals surface area (Å²) in [6.45, 7) is 8.21. The molecule has 1 spiro atoms. The molecule has 24 heavy (non-hydrogen) atoms. The van der Waals surface area contributed by atoms with Crippen LogP contribution in [0.3, 0.4) is 0 Å². The molecule has 1 saturated carbocycles. The smallest absolute Gasteiger partial charge is 0.248 e. The van der Waals surface area contributed by atoms with E-state index < -0.39 is 0 Å². The monoisotopic (exact) mass is 332 g/mol. The normalized spacial score (nSPS) is 27.8. The fraction of sp³-hybridized carbons (Fsp3) is 0.737. The van der Waals surface area contributed by atoms with Gasteiger partial charge in [0.2, 0.25) is 5.91 Å². The molecular formula is C19H28N2O3. The summed E-state index contributed by atoms with van der Waals surface area (Å²) in [5.41, 5.74) is -0.154. The van der Waals surface area contributed by atoms with E-state index in [0.717, 1.165) is 56.5 Å². The van der Waals surface area contributed by atoms with Crippen molar-refractivity contribution in [2.45, 2.75) is 57.7 Å². The second-order valence-corrected chi connectivity index (χ2v) is 7.81. The molecule has 2 saturated heterocycles. The van der Waals surface area contributed by atoms with Crippen LogP contribution in [0, 0.1) is 12.8 Å². The summed E-state index contributed by atoms with van der Waals surface area (Å²) in [6.07, 6.45) is 4.53. The van der Waals surface area contributed by atoms with Crippen LogP contribution in [0.4, 0.5) is 0 Å². The van der Waals surface area contributed by atoms with E-state index >= 15 is 0 Å². The molecule has 0 N–H and O–H groups in total. The van der Waals surface area contributed by atoms with Crippen LogP contribution in [0.25, 0.3) is 0 Å². The molecule has 1 aromatic heterocycles. The summed E-state index contributed by atoms with van der Waals surface area (Å²) in [7, 11) is 0. The number of nitrogens with zero attached hydrogens (tertiary/aromatic N) is 2. The van der Waals surface area contributed by atoms with Crippen molar-refractivity contribution < 1.29 is 13.9 Å². The molecule has 2 aliphatic heterocycles. The zero-order valence-corrected chi connectivity index (χ0v) is 14.8. The maximum absolute atomic E-state index is 12.3. The summed E-state index contributed by atoms with van der Waals surface area (Å²) in [4.78, 5) is 16.8. The molecule has 1 aliphatic carbocycles. The highest BCUT2D eigenvalue weighted by Crippen LogP contribution is 2.38. The van der Waals surface area contributed by atoms with Gasteiger partial charge < -0.3 is 14.1 Å². The maximum Gasteiger partial charge on any atom is 0.248 e. The van der Waals surface area contributed by atoms with Gasteiger partial charge in [-0.3, -0.25) is 9.69 Å². The third kappa shape index (κ3) is 3.11. The lowest BCUT2D eigenvalue weighted by molar-refractivity contribution is -0.187. The van der Waals surface area contributed by atoms with Crippen molar-refractivity contribution >= 4 is 5.91 Å². The third-order valence-electron chi connectivity index (χ3n) is 6.06. The van der Waals surface area contributed by atoms with Crippen LogP contribution >= 0.6 is 0 Å². The van der Waals surface area contributed by atoms with Crippen LogP contribution in [0.2, 0.25) is 0 Å². The number of piperidine rings is 1. The molecule has 1 amide bonds. The zero-order chi connectivity index (χ0) is 16.7. The zero-order valence-electron chi connectivity index (χ0n) is 14.8. The molecule has 5 nitrogen and oxygen atoms in total. The molecule has 0 unspecified atom stereocenters. The molecule has 3 heterocycles. The van der Waals surface area contributed by atoms with Crippen LogP contribution in [0.5, 0.6) is 0 Å². The molecule has 3 fully saturated rings. The number of carbonyl (C=O) groups is 1. The predicted octanol–water partition coefficient (Wildman–Crippen LogP) is 2.58. The van der Waals surface area contributed by atoms with Crippen molar-refractivity contribution in [3.63, 3.8) is 0 Å². The highest BCUT2D eigenvalue weighted by atomic mass is 16.5. The first kappa shape index (κ1) is 16.2. The lowest BCUT2D eigenvalue weighted by Gasteiger charge is -2.51. The predicted molar refractivity (Wildman–Crippen MR) is 90.5 cm³/mol. The highest BCUT2D eigenvalue weighted by Gasteiger charge is 2.48. The number of ether oxygens (including phenoxy) is 1. The molecule has 5 heteroatoms. The van der Waals surface area contributed by atoms with E-state index in [1.54, 1.807) is 0 Å². The van der Waals surface area contributed by atoms with Crippen molar-refractivity contribution in [3.05, 3.63) is 23.7 Å². The SMILES string of the molecule is Cc1ccc(CN2CCC3(CC2)OCC(=O)N(CC2CC2)[C@@H]3C)o1. The quantitative estimate of drug-likeness (QED) is 0.850. The number of rotatable bonds is 4. The molecule has 1 atom stereocenters. The fourth-order valence-electron chi connectivity index (χ4n) is 4.19. The topological polar surface area (TPSA) is 45.9 Å². The number of hydrogen-bond donors (Lipinski definition) is 0. The standard InChI is InChI=1S/C19H28N2O3/c1-14-3-6-17(24-14)12-20-9-7-19(8-10-20)15(2)21(11-16-4-5-16)18(22)13-23-19/h3,6,15-16H,4-5,7-13H2,1-2H3/t15-/m1/s1. The van der Waals surface area contributed by atoms with Gasteiger partial charge >= 0.3 is 0 Å². The Morgan fingerprint density at radius 1 is 1.25 bits per heavy atom.